The van der Waals surface area contributed by atoms with Crippen LogP contribution >= 0.6 is 15.9 Å². The predicted molar refractivity (Wildman–Crippen MR) is 72.2 cm³/mol. The third-order valence-electron chi connectivity index (χ3n) is 2.31. The van der Waals surface area contributed by atoms with Gasteiger partial charge in [-0.25, -0.2) is 4.98 Å². The fourth-order valence-corrected chi connectivity index (χ4v) is 1.98. The zero-order valence-corrected chi connectivity index (χ0v) is 10.7. The average molecular weight is 294 g/mol. The smallest absolute Gasteiger partial charge is 0.138 e. The SMILES string of the molecule is C=NN(/C=C\N)Cc1cc2c(Br)ccnc2[nH]1. The number of nitrogens with one attached hydrogen (secondary N) is 1. The number of fused-ring (bicyclic) bond motifs is 1. The summed E-state index contributed by atoms with van der Waals surface area (Å²) in [6.07, 6.45) is 4.82. The molecule has 0 saturated carbocycles. The number of rotatable bonds is 4. The van der Waals surface area contributed by atoms with Crippen LogP contribution in [0, 0.1) is 0 Å². The first-order chi connectivity index (χ1) is 8.24. The lowest BCUT2D eigenvalue weighted by Gasteiger charge is -2.11. The quantitative estimate of drug-likeness (QED) is 0.670. The molecule has 5 nitrogen and oxygen atoms in total. The summed E-state index contributed by atoms with van der Waals surface area (Å²) in [6.45, 7) is 4.05. The molecule has 0 amide bonds. The van der Waals surface area contributed by atoms with E-state index in [1.807, 2.05) is 12.1 Å². The normalized spacial score (nSPS) is 11.1. The van der Waals surface area contributed by atoms with Crippen molar-refractivity contribution in [3.63, 3.8) is 0 Å². The largest absolute Gasteiger partial charge is 0.403 e. The Bertz CT molecular complexity index is 560. The van der Waals surface area contributed by atoms with Crippen molar-refractivity contribution >= 4 is 33.7 Å². The molecule has 2 heterocycles. The molecule has 2 rings (SSSR count). The molecule has 17 heavy (non-hydrogen) atoms. The molecular weight excluding hydrogens is 282 g/mol. The monoisotopic (exact) mass is 293 g/mol. The van der Waals surface area contributed by atoms with Crippen molar-refractivity contribution in [1.29, 1.82) is 0 Å². The van der Waals surface area contributed by atoms with Crippen LogP contribution < -0.4 is 5.73 Å². The van der Waals surface area contributed by atoms with Gasteiger partial charge in [0, 0.05) is 40.9 Å². The van der Waals surface area contributed by atoms with Crippen molar-refractivity contribution in [3.8, 4) is 0 Å². The molecule has 0 atom stereocenters. The highest BCUT2D eigenvalue weighted by molar-refractivity contribution is 9.10. The minimum Gasteiger partial charge on any atom is -0.403 e. The van der Waals surface area contributed by atoms with Crippen molar-refractivity contribution in [3.05, 3.63) is 40.9 Å². The second-order valence-corrected chi connectivity index (χ2v) is 4.28. The highest BCUT2D eigenvalue weighted by Crippen LogP contribution is 2.23. The van der Waals surface area contributed by atoms with Gasteiger partial charge in [0.25, 0.3) is 0 Å². The standard InChI is InChI=1S/C11H12BrN5/c1-14-17(5-3-13)7-8-6-9-10(12)2-4-15-11(9)16-8/h2-6H,1,7,13H2,(H,15,16)/b5-3-. The number of halogens is 1. The van der Waals surface area contributed by atoms with E-state index >= 15 is 0 Å². The maximum Gasteiger partial charge on any atom is 0.138 e. The van der Waals surface area contributed by atoms with Gasteiger partial charge in [0.2, 0.25) is 0 Å². The van der Waals surface area contributed by atoms with Gasteiger partial charge in [0.1, 0.15) is 5.65 Å². The van der Waals surface area contributed by atoms with Crippen LogP contribution in [0.3, 0.4) is 0 Å². The molecule has 0 aromatic carbocycles. The van der Waals surface area contributed by atoms with Gasteiger partial charge < -0.3 is 10.7 Å². The van der Waals surface area contributed by atoms with Gasteiger partial charge in [-0.05, 0) is 28.1 Å². The molecule has 88 valence electrons. The van der Waals surface area contributed by atoms with Gasteiger partial charge in [0.15, 0.2) is 0 Å². The van der Waals surface area contributed by atoms with Gasteiger partial charge in [-0.3, -0.25) is 5.01 Å². The Hall–Kier alpha value is -1.82. The predicted octanol–water partition coefficient (Wildman–Crippen LogP) is 2.17. The van der Waals surface area contributed by atoms with E-state index in [-0.39, 0.29) is 0 Å². The summed E-state index contributed by atoms with van der Waals surface area (Å²) in [5.41, 5.74) is 7.15. The van der Waals surface area contributed by atoms with Crippen LogP contribution in [0.4, 0.5) is 0 Å². The molecule has 0 saturated heterocycles. The fourth-order valence-electron chi connectivity index (χ4n) is 1.56. The van der Waals surface area contributed by atoms with E-state index in [0.29, 0.717) is 6.54 Å². The van der Waals surface area contributed by atoms with Crippen LogP contribution in [-0.2, 0) is 6.54 Å². The van der Waals surface area contributed by atoms with Gasteiger partial charge in [-0.2, -0.15) is 5.10 Å². The number of H-pyrrole nitrogens is 1. The van der Waals surface area contributed by atoms with Crippen molar-refractivity contribution in [2.75, 3.05) is 0 Å². The Labute approximate surface area is 107 Å². The van der Waals surface area contributed by atoms with E-state index in [1.165, 1.54) is 6.20 Å². The molecule has 0 aliphatic carbocycles. The molecule has 0 radical (unpaired) electrons. The van der Waals surface area contributed by atoms with Crippen molar-refractivity contribution < 1.29 is 0 Å². The molecule has 2 aromatic rings. The van der Waals surface area contributed by atoms with Crippen LogP contribution in [0.2, 0.25) is 0 Å². The first-order valence-corrected chi connectivity index (χ1v) is 5.77. The Morgan fingerprint density at radius 3 is 3.12 bits per heavy atom. The lowest BCUT2D eigenvalue weighted by molar-refractivity contribution is 0.391. The molecule has 6 heteroatoms. The fraction of sp³-hybridized carbons (Fsp3) is 0.0909. The maximum atomic E-state index is 5.32. The van der Waals surface area contributed by atoms with E-state index in [2.05, 4.69) is 37.7 Å². The number of aromatic amines is 1. The Morgan fingerprint density at radius 2 is 2.47 bits per heavy atom. The van der Waals surface area contributed by atoms with E-state index < -0.39 is 0 Å². The first kappa shape index (κ1) is 11.7. The molecule has 0 fully saturated rings. The molecule has 0 aliphatic rings. The van der Waals surface area contributed by atoms with Crippen molar-refractivity contribution in [1.82, 2.24) is 15.0 Å². The molecule has 2 aromatic heterocycles. The second kappa shape index (κ2) is 5.01. The summed E-state index contributed by atoms with van der Waals surface area (Å²) in [5.74, 6) is 0. The number of aromatic nitrogens is 2. The zero-order valence-electron chi connectivity index (χ0n) is 9.10. The van der Waals surface area contributed by atoms with E-state index in [1.54, 1.807) is 17.4 Å². The highest BCUT2D eigenvalue weighted by Gasteiger charge is 2.06. The van der Waals surface area contributed by atoms with Crippen LogP contribution in [0.25, 0.3) is 11.0 Å². The maximum absolute atomic E-state index is 5.32. The number of nitrogens with zero attached hydrogens (tertiary/aromatic N) is 3. The van der Waals surface area contributed by atoms with Gasteiger partial charge in [0.05, 0.1) is 6.54 Å². The average Bonchev–Trinajstić information content (AvgIpc) is 2.72. The molecular formula is C11H12BrN5. The van der Waals surface area contributed by atoms with Gasteiger partial charge in [-0.1, -0.05) is 0 Å². The lowest BCUT2D eigenvalue weighted by atomic mass is 10.3. The Balaban J connectivity index is 2.30. The first-order valence-electron chi connectivity index (χ1n) is 4.98. The zero-order chi connectivity index (χ0) is 12.3. The van der Waals surface area contributed by atoms with Crippen molar-refractivity contribution in [2.45, 2.75) is 6.54 Å². The minimum atomic E-state index is 0.569. The van der Waals surface area contributed by atoms with E-state index in [0.717, 1.165) is 21.2 Å². The summed E-state index contributed by atoms with van der Waals surface area (Å²) >= 11 is 3.48. The van der Waals surface area contributed by atoms with Crippen LogP contribution in [0.5, 0.6) is 0 Å². The Morgan fingerprint density at radius 1 is 1.65 bits per heavy atom. The Kier molecular flexibility index (Phi) is 3.43. The third kappa shape index (κ3) is 2.47. The second-order valence-electron chi connectivity index (χ2n) is 3.43. The number of hydrogen-bond donors (Lipinski definition) is 2. The van der Waals surface area contributed by atoms with E-state index in [9.17, 15) is 0 Å². The summed E-state index contributed by atoms with van der Waals surface area (Å²) in [6, 6.07) is 3.93. The topological polar surface area (TPSA) is 70.3 Å². The number of pyridine rings is 1. The molecule has 0 aliphatic heterocycles. The van der Waals surface area contributed by atoms with Gasteiger partial charge >= 0.3 is 0 Å². The summed E-state index contributed by atoms with van der Waals surface area (Å²) in [4.78, 5) is 7.46. The van der Waals surface area contributed by atoms with Crippen LogP contribution in [0.15, 0.2) is 40.3 Å². The third-order valence-corrected chi connectivity index (χ3v) is 3.00. The molecule has 0 unspecified atom stereocenters. The summed E-state index contributed by atoms with van der Waals surface area (Å²) in [7, 11) is 0. The summed E-state index contributed by atoms with van der Waals surface area (Å²) in [5, 5.41) is 6.51. The minimum absolute atomic E-state index is 0.569. The number of hydrazone groups is 1. The molecule has 0 bridgehead atoms. The summed E-state index contributed by atoms with van der Waals surface area (Å²) < 4.78 is 1.01. The number of hydrogen-bond acceptors (Lipinski definition) is 4. The highest BCUT2D eigenvalue weighted by atomic mass is 79.9. The van der Waals surface area contributed by atoms with E-state index in [4.69, 9.17) is 5.73 Å². The van der Waals surface area contributed by atoms with Crippen LogP contribution in [-0.4, -0.2) is 21.7 Å². The lowest BCUT2D eigenvalue weighted by Crippen LogP contribution is -2.09. The van der Waals surface area contributed by atoms with Gasteiger partial charge in [-0.15, -0.1) is 0 Å². The molecule has 3 N–H and O–H groups in total. The number of nitrogens with two attached hydrogens (primary N) is 1. The molecule has 0 spiro atoms. The van der Waals surface area contributed by atoms with Crippen molar-refractivity contribution in [2.24, 2.45) is 10.8 Å². The van der Waals surface area contributed by atoms with Crippen LogP contribution in [0.1, 0.15) is 5.69 Å².